The minimum Gasteiger partial charge on any atom is -0.374 e. The molecule has 2 amide bonds. The Kier molecular flexibility index (Phi) is 5.33. The van der Waals surface area contributed by atoms with Crippen molar-refractivity contribution in [2.24, 2.45) is 0 Å². The number of rotatable bonds is 4. The van der Waals surface area contributed by atoms with Gasteiger partial charge in [-0.05, 0) is 43.4 Å². The van der Waals surface area contributed by atoms with Crippen molar-refractivity contribution in [3.8, 4) is 0 Å². The Hall–Kier alpha value is -1.55. The zero-order chi connectivity index (χ0) is 15.2. The molecule has 1 aromatic rings. The van der Waals surface area contributed by atoms with E-state index in [-0.39, 0.29) is 6.03 Å². The van der Waals surface area contributed by atoms with Crippen molar-refractivity contribution >= 4 is 11.7 Å². The molecule has 0 bridgehead atoms. The molecule has 22 heavy (non-hydrogen) atoms. The summed E-state index contributed by atoms with van der Waals surface area (Å²) in [6, 6.07) is 8.03. The number of nitrogens with zero attached hydrogens (tertiary/aromatic N) is 1. The SMILES string of the molecule is O=C(Nc1cccc(COC2CCCCC2)c1)N1CCCC1. The normalized spacial score (nSPS) is 19.4. The Labute approximate surface area is 132 Å². The third-order valence-electron chi connectivity index (χ3n) is 4.61. The molecule has 1 aromatic carbocycles. The van der Waals surface area contributed by atoms with Crippen LogP contribution in [0.4, 0.5) is 10.5 Å². The van der Waals surface area contributed by atoms with E-state index in [1.54, 1.807) is 0 Å². The fraction of sp³-hybridized carbons (Fsp3) is 0.611. The number of urea groups is 1. The number of amides is 2. The predicted molar refractivity (Wildman–Crippen MR) is 87.9 cm³/mol. The monoisotopic (exact) mass is 302 g/mol. The summed E-state index contributed by atoms with van der Waals surface area (Å²) in [5, 5.41) is 2.99. The molecular formula is C18H26N2O2. The second-order valence-electron chi connectivity index (χ2n) is 6.40. The number of carbonyl (C=O) groups excluding carboxylic acids is 1. The first kappa shape index (κ1) is 15.3. The van der Waals surface area contributed by atoms with Gasteiger partial charge in [0.05, 0.1) is 12.7 Å². The van der Waals surface area contributed by atoms with Crippen molar-refractivity contribution in [2.45, 2.75) is 57.7 Å². The van der Waals surface area contributed by atoms with Gasteiger partial charge in [0, 0.05) is 18.8 Å². The quantitative estimate of drug-likeness (QED) is 0.907. The molecule has 1 heterocycles. The lowest BCUT2D eigenvalue weighted by molar-refractivity contribution is 0.0169. The Morgan fingerprint density at radius 2 is 1.91 bits per heavy atom. The largest absolute Gasteiger partial charge is 0.374 e. The van der Waals surface area contributed by atoms with Gasteiger partial charge in [0.15, 0.2) is 0 Å². The van der Waals surface area contributed by atoms with Crippen LogP contribution < -0.4 is 5.32 Å². The highest BCUT2D eigenvalue weighted by Crippen LogP contribution is 2.22. The molecule has 1 saturated heterocycles. The first-order valence-electron chi connectivity index (χ1n) is 8.58. The molecule has 0 radical (unpaired) electrons. The van der Waals surface area contributed by atoms with Crippen LogP contribution in [0.3, 0.4) is 0 Å². The highest BCUT2D eigenvalue weighted by atomic mass is 16.5. The molecule has 1 aliphatic carbocycles. The van der Waals surface area contributed by atoms with E-state index in [0.717, 1.165) is 37.2 Å². The highest BCUT2D eigenvalue weighted by Gasteiger charge is 2.18. The third kappa shape index (κ3) is 4.23. The van der Waals surface area contributed by atoms with Crippen molar-refractivity contribution in [1.29, 1.82) is 0 Å². The van der Waals surface area contributed by atoms with Crippen LogP contribution in [0.2, 0.25) is 0 Å². The number of anilines is 1. The van der Waals surface area contributed by atoms with Crippen molar-refractivity contribution in [3.05, 3.63) is 29.8 Å². The smallest absolute Gasteiger partial charge is 0.321 e. The van der Waals surface area contributed by atoms with Crippen LogP contribution in [-0.4, -0.2) is 30.1 Å². The van der Waals surface area contributed by atoms with E-state index in [0.29, 0.717) is 12.7 Å². The van der Waals surface area contributed by atoms with Gasteiger partial charge in [-0.15, -0.1) is 0 Å². The molecule has 0 unspecified atom stereocenters. The van der Waals surface area contributed by atoms with E-state index < -0.39 is 0 Å². The molecule has 0 atom stereocenters. The van der Waals surface area contributed by atoms with Crippen LogP contribution in [0.1, 0.15) is 50.5 Å². The Bertz CT molecular complexity index is 492. The number of nitrogens with one attached hydrogen (secondary N) is 1. The molecule has 0 spiro atoms. The van der Waals surface area contributed by atoms with Crippen LogP contribution >= 0.6 is 0 Å². The fourth-order valence-electron chi connectivity index (χ4n) is 3.31. The van der Waals surface area contributed by atoms with Crippen molar-refractivity contribution < 1.29 is 9.53 Å². The van der Waals surface area contributed by atoms with Crippen LogP contribution in [0.15, 0.2) is 24.3 Å². The van der Waals surface area contributed by atoms with Gasteiger partial charge in [0.25, 0.3) is 0 Å². The standard InChI is InChI=1S/C18H26N2O2/c21-18(20-11-4-5-12-20)19-16-8-6-7-15(13-16)14-22-17-9-2-1-3-10-17/h6-8,13,17H,1-5,9-12,14H2,(H,19,21). The molecule has 3 rings (SSSR count). The van der Waals surface area contributed by atoms with Crippen LogP contribution in [-0.2, 0) is 11.3 Å². The summed E-state index contributed by atoms with van der Waals surface area (Å²) in [5.74, 6) is 0. The van der Waals surface area contributed by atoms with Crippen molar-refractivity contribution in [2.75, 3.05) is 18.4 Å². The van der Waals surface area contributed by atoms with Gasteiger partial charge >= 0.3 is 6.03 Å². The minimum absolute atomic E-state index is 0.0165. The number of hydrogen-bond acceptors (Lipinski definition) is 2. The first-order chi connectivity index (χ1) is 10.8. The Balaban J connectivity index is 1.51. The number of hydrogen-bond donors (Lipinski definition) is 1. The number of carbonyl (C=O) groups is 1. The van der Waals surface area contributed by atoms with Gasteiger partial charge in [-0.2, -0.15) is 0 Å². The lowest BCUT2D eigenvalue weighted by Gasteiger charge is -2.22. The van der Waals surface area contributed by atoms with Gasteiger partial charge in [0.2, 0.25) is 0 Å². The summed E-state index contributed by atoms with van der Waals surface area (Å²) in [5.41, 5.74) is 1.99. The lowest BCUT2D eigenvalue weighted by Crippen LogP contribution is -2.32. The summed E-state index contributed by atoms with van der Waals surface area (Å²) < 4.78 is 6.01. The number of likely N-dealkylation sites (tertiary alicyclic amines) is 1. The molecular weight excluding hydrogens is 276 g/mol. The average Bonchev–Trinajstić information content (AvgIpc) is 3.09. The Morgan fingerprint density at radius 1 is 1.14 bits per heavy atom. The van der Waals surface area contributed by atoms with E-state index >= 15 is 0 Å². The van der Waals surface area contributed by atoms with Crippen LogP contribution in [0.5, 0.6) is 0 Å². The highest BCUT2D eigenvalue weighted by molar-refractivity contribution is 5.89. The molecule has 2 fully saturated rings. The zero-order valence-corrected chi connectivity index (χ0v) is 13.2. The molecule has 4 nitrogen and oxygen atoms in total. The summed E-state index contributed by atoms with van der Waals surface area (Å²) in [4.78, 5) is 14.0. The van der Waals surface area contributed by atoms with Crippen molar-refractivity contribution in [3.63, 3.8) is 0 Å². The van der Waals surface area contributed by atoms with E-state index in [9.17, 15) is 4.79 Å². The van der Waals surface area contributed by atoms with E-state index in [1.165, 1.54) is 32.1 Å². The van der Waals surface area contributed by atoms with Crippen molar-refractivity contribution in [1.82, 2.24) is 4.90 Å². The van der Waals surface area contributed by atoms with Crippen LogP contribution in [0.25, 0.3) is 0 Å². The molecule has 1 aliphatic heterocycles. The van der Waals surface area contributed by atoms with Gasteiger partial charge < -0.3 is 15.0 Å². The van der Waals surface area contributed by atoms with Gasteiger partial charge in [0.1, 0.15) is 0 Å². The maximum absolute atomic E-state index is 12.1. The van der Waals surface area contributed by atoms with E-state index in [2.05, 4.69) is 11.4 Å². The second kappa shape index (κ2) is 7.63. The average molecular weight is 302 g/mol. The summed E-state index contributed by atoms with van der Waals surface area (Å²) >= 11 is 0. The molecule has 1 saturated carbocycles. The summed E-state index contributed by atoms with van der Waals surface area (Å²) in [6.45, 7) is 2.38. The first-order valence-corrected chi connectivity index (χ1v) is 8.58. The second-order valence-corrected chi connectivity index (χ2v) is 6.40. The molecule has 1 N–H and O–H groups in total. The maximum Gasteiger partial charge on any atom is 0.321 e. The van der Waals surface area contributed by atoms with E-state index in [4.69, 9.17) is 4.74 Å². The maximum atomic E-state index is 12.1. The molecule has 2 aliphatic rings. The molecule has 0 aromatic heterocycles. The molecule has 4 heteroatoms. The molecule has 120 valence electrons. The third-order valence-corrected chi connectivity index (χ3v) is 4.61. The van der Waals surface area contributed by atoms with E-state index in [1.807, 2.05) is 23.1 Å². The summed E-state index contributed by atoms with van der Waals surface area (Å²) in [6.07, 6.45) is 8.93. The summed E-state index contributed by atoms with van der Waals surface area (Å²) in [7, 11) is 0. The van der Waals surface area contributed by atoms with Gasteiger partial charge in [-0.3, -0.25) is 0 Å². The lowest BCUT2D eigenvalue weighted by atomic mass is 9.98. The zero-order valence-electron chi connectivity index (χ0n) is 13.2. The van der Waals surface area contributed by atoms with Gasteiger partial charge in [-0.25, -0.2) is 4.79 Å². The number of ether oxygens (including phenoxy) is 1. The number of benzene rings is 1. The van der Waals surface area contributed by atoms with Crippen LogP contribution in [0, 0.1) is 0 Å². The Morgan fingerprint density at radius 3 is 2.68 bits per heavy atom. The topological polar surface area (TPSA) is 41.6 Å². The predicted octanol–water partition coefficient (Wildman–Crippen LogP) is 4.16. The minimum atomic E-state index is 0.0165. The van der Waals surface area contributed by atoms with Gasteiger partial charge in [-0.1, -0.05) is 31.4 Å². The fourth-order valence-corrected chi connectivity index (χ4v) is 3.31.